The Balaban J connectivity index is 1.56. The van der Waals surface area contributed by atoms with E-state index in [1.165, 1.54) is 0 Å². The highest BCUT2D eigenvalue weighted by atomic mass is 16.6. The summed E-state index contributed by atoms with van der Waals surface area (Å²) in [4.78, 5) is 30.7. The molecule has 0 bridgehead atoms. The van der Waals surface area contributed by atoms with Crippen molar-refractivity contribution in [2.75, 3.05) is 13.1 Å². The zero-order chi connectivity index (χ0) is 15.5. The van der Waals surface area contributed by atoms with Gasteiger partial charge in [-0.1, -0.05) is 35.5 Å². The van der Waals surface area contributed by atoms with Gasteiger partial charge in [0.25, 0.3) is 5.91 Å². The lowest BCUT2D eigenvalue weighted by Crippen LogP contribution is -2.45. The summed E-state index contributed by atoms with van der Waals surface area (Å²) in [6, 6.07) is 9.70. The van der Waals surface area contributed by atoms with E-state index in [1.54, 1.807) is 4.90 Å². The van der Waals surface area contributed by atoms with Gasteiger partial charge in [0.15, 0.2) is 0 Å². The van der Waals surface area contributed by atoms with Crippen molar-refractivity contribution in [2.45, 2.75) is 25.4 Å². The van der Waals surface area contributed by atoms with Crippen molar-refractivity contribution < 1.29 is 14.4 Å². The van der Waals surface area contributed by atoms with E-state index in [9.17, 15) is 9.59 Å². The molecule has 0 unspecified atom stereocenters. The summed E-state index contributed by atoms with van der Waals surface area (Å²) in [6.07, 6.45) is 1.18. The molecule has 1 aromatic rings. The zero-order valence-corrected chi connectivity index (χ0v) is 12.3. The predicted molar refractivity (Wildman–Crippen MR) is 81.0 cm³/mol. The van der Waals surface area contributed by atoms with Gasteiger partial charge in [-0.2, -0.15) is 0 Å². The number of carbonyl (C=O) groups excluding carboxylic acids is 2. The van der Waals surface area contributed by atoms with Crippen molar-refractivity contribution in [2.24, 2.45) is 16.8 Å². The molecule has 22 heavy (non-hydrogen) atoms. The highest BCUT2D eigenvalue weighted by Crippen LogP contribution is 2.22. The van der Waals surface area contributed by atoms with Crippen LogP contribution in [0.15, 0.2) is 35.5 Å². The minimum Gasteiger partial charge on any atom is -0.382 e. The minimum atomic E-state index is -0.555. The standard InChI is InChI=1S/C16H19N3O3/c17-15(20)12-6-8-19(9-7-12)16(21)14-10-13(18-22-14)11-4-2-1-3-5-11/h1-5,12,14H,6-10H2,(H2,17,20)/t14-/m1/s1. The molecular formula is C16H19N3O3. The maximum atomic E-state index is 12.5. The van der Waals surface area contributed by atoms with Crippen molar-refractivity contribution in [1.29, 1.82) is 0 Å². The lowest BCUT2D eigenvalue weighted by atomic mass is 9.95. The molecule has 0 spiro atoms. The van der Waals surface area contributed by atoms with Crippen molar-refractivity contribution in [3.63, 3.8) is 0 Å². The van der Waals surface area contributed by atoms with Crippen molar-refractivity contribution in [3.05, 3.63) is 35.9 Å². The van der Waals surface area contributed by atoms with Crippen molar-refractivity contribution in [3.8, 4) is 0 Å². The van der Waals surface area contributed by atoms with Crippen molar-refractivity contribution >= 4 is 17.5 Å². The number of oxime groups is 1. The number of benzene rings is 1. The Bertz CT molecular complexity index is 592. The van der Waals surface area contributed by atoms with Gasteiger partial charge in [-0.05, 0) is 18.4 Å². The minimum absolute atomic E-state index is 0.0578. The second kappa shape index (κ2) is 6.17. The van der Waals surface area contributed by atoms with Gasteiger partial charge in [0.2, 0.25) is 12.0 Å². The molecule has 2 amide bonds. The average molecular weight is 301 g/mol. The quantitative estimate of drug-likeness (QED) is 0.900. The number of amides is 2. The fraction of sp³-hybridized carbons (Fsp3) is 0.438. The van der Waals surface area contributed by atoms with Gasteiger partial charge >= 0.3 is 0 Å². The Hall–Kier alpha value is -2.37. The maximum absolute atomic E-state index is 12.5. The monoisotopic (exact) mass is 301 g/mol. The van der Waals surface area contributed by atoms with Crippen LogP contribution in [0, 0.1) is 5.92 Å². The molecule has 1 saturated heterocycles. The van der Waals surface area contributed by atoms with Crippen LogP contribution in [0.1, 0.15) is 24.8 Å². The normalized spacial score (nSPS) is 22.1. The third kappa shape index (κ3) is 2.95. The van der Waals surface area contributed by atoms with Crippen LogP contribution in [0.25, 0.3) is 0 Å². The van der Waals surface area contributed by atoms with E-state index in [2.05, 4.69) is 5.16 Å². The molecule has 0 saturated carbocycles. The Labute approximate surface area is 128 Å². The van der Waals surface area contributed by atoms with E-state index in [1.807, 2.05) is 30.3 Å². The Morgan fingerprint density at radius 2 is 1.86 bits per heavy atom. The van der Waals surface area contributed by atoms with Crippen LogP contribution in [-0.4, -0.2) is 41.6 Å². The molecule has 116 valence electrons. The molecule has 1 aromatic carbocycles. The number of nitrogens with zero attached hydrogens (tertiary/aromatic N) is 2. The van der Waals surface area contributed by atoms with E-state index in [0.29, 0.717) is 32.4 Å². The zero-order valence-electron chi connectivity index (χ0n) is 12.3. The number of piperidine rings is 1. The summed E-state index contributed by atoms with van der Waals surface area (Å²) in [7, 11) is 0. The topological polar surface area (TPSA) is 85.0 Å². The third-order valence-electron chi connectivity index (χ3n) is 4.26. The largest absolute Gasteiger partial charge is 0.382 e. The van der Waals surface area contributed by atoms with Crippen LogP contribution < -0.4 is 5.73 Å². The summed E-state index contributed by atoms with van der Waals surface area (Å²) in [6.45, 7) is 1.10. The number of likely N-dealkylation sites (tertiary alicyclic amines) is 1. The highest BCUT2D eigenvalue weighted by molar-refractivity contribution is 6.04. The molecule has 1 atom stereocenters. The third-order valence-corrected chi connectivity index (χ3v) is 4.26. The Morgan fingerprint density at radius 1 is 1.18 bits per heavy atom. The molecule has 6 nitrogen and oxygen atoms in total. The molecule has 0 aliphatic carbocycles. The van der Waals surface area contributed by atoms with E-state index in [-0.39, 0.29) is 17.7 Å². The van der Waals surface area contributed by atoms with Crippen LogP contribution in [0.5, 0.6) is 0 Å². The maximum Gasteiger partial charge on any atom is 0.266 e. The molecule has 0 aromatic heterocycles. The summed E-state index contributed by atoms with van der Waals surface area (Å²) in [5.41, 5.74) is 7.08. The molecule has 0 radical (unpaired) electrons. The number of hydrogen-bond donors (Lipinski definition) is 1. The number of nitrogens with two attached hydrogens (primary N) is 1. The van der Waals surface area contributed by atoms with Crippen molar-refractivity contribution in [1.82, 2.24) is 4.90 Å². The molecule has 2 N–H and O–H groups in total. The summed E-state index contributed by atoms with van der Waals surface area (Å²) in [5, 5.41) is 4.04. The first kappa shape index (κ1) is 14.6. The molecule has 2 aliphatic heterocycles. The fourth-order valence-corrected chi connectivity index (χ4v) is 2.90. The lowest BCUT2D eigenvalue weighted by molar-refractivity contribution is -0.144. The molecule has 3 rings (SSSR count). The van der Waals surface area contributed by atoms with E-state index < -0.39 is 6.10 Å². The molecule has 2 heterocycles. The molecule has 2 aliphatic rings. The Morgan fingerprint density at radius 3 is 2.50 bits per heavy atom. The predicted octanol–water partition coefficient (Wildman–Crippen LogP) is 0.903. The van der Waals surface area contributed by atoms with Crippen LogP contribution in [0.3, 0.4) is 0 Å². The smallest absolute Gasteiger partial charge is 0.266 e. The van der Waals surface area contributed by atoms with Gasteiger partial charge in [0, 0.05) is 25.4 Å². The summed E-state index contributed by atoms with van der Waals surface area (Å²) < 4.78 is 0. The average Bonchev–Trinajstić information content (AvgIpc) is 3.05. The summed E-state index contributed by atoms with van der Waals surface area (Å²) >= 11 is 0. The van der Waals surface area contributed by atoms with E-state index >= 15 is 0 Å². The second-order valence-corrected chi connectivity index (χ2v) is 5.70. The van der Waals surface area contributed by atoms with Gasteiger partial charge in [-0.25, -0.2) is 0 Å². The fourth-order valence-electron chi connectivity index (χ4n) is 2.90. The van der Waals surface area contributed by atoms with E-state index in [4.69, 9.17) is 10.6 Å². The van der Waals surface area contributed by atoms with Gasteiger partial charge in [0.1, 0.15) is 0 Å². The lowest BCUT2D eigenvalue weighted by Gasteiger charge is -2.31. The summed E-state index contributed by atoms with van der Waals surface area (Å²) in [5.74, 6) is -0.457. The SMILES string of the molecule is NC(=O)C1CCN(C(=O)[C@H]2CC(c3ccccc3)=NO2)CC1. The van der Waals surface area contributed by atoms with Gasteiger partial charge < -0.3 is 15.5 Å². The highest BCUT2D eigenvalue weighted by Gasteiger charge is 2.34. The number of carbonyl (C=O) groups is 2. The van der Waals surface area contributed by atoms with Gasteiger partial charge in [-0.15, -0.1) is 0 Å². The first-order chi connectivity index (χ1) is 10.6. The Kier molecular flexibility index (Phi) is 4.09. The van der Waals surface area contributed by atoms with Gasteiger partial charge in [0.05, 0.1) is 5.71 Å². The van der Waals surface area contributed by atoms with Crippen LogP contribution >= 0.6 is 0 Å². The number of primary amides is 1. The van der Waals surface area contributed by atoms with E-state index in [0.717, 1.165) is 11.3 Å². The van der Waals surface area contributed by atoms with Gasteiger partial charge in [-0.3, -0.25) is 9.59 Å². The molecule has 6 heteroatoms. The first-order valence-corrected chi connectivity index (χ1v) is 7.51. The first-order valence-electron chi connectivity index (χ1n) is 7.51. The number of hydrogen-bond acceptors (Lipinski definition) is 4. The van der Waals surface area contributed by atoms with Crippen LogP contribution in [0.4, 0.5) is 0 Å². The van der Waals surface area contributed by atoms with Crippen LogP contribution in [0.2, 0.25) is 0 Å². The van der Waals surface area contributed by atoms with Crippen LogP contribution in [-0.2, 0) is 14.4 Å². The number of rotatable bonds is 3. The second-order valence-electron chi connectivity index (χ2n) is 5.70. The molecular weight excluding hydrogens is 282 g/mol. The molecule has 1 fully saturated rings.